The van der Waals surface area contributed by atoms with Crippen molar-refractivity contribution in [3.8, 4) is 0 Å². The fraction of sp³-hybridized carbons (Fsp3) is 0.464. The van der Waals surface area contributed by atoms with E-state index in [0.717, 1.165) is 0 Å². The number of benzene rings is 2. The van der Waals surface area contributed by atoms with Gasteiger partial charge in [0.25, 0.3) is 8.32 Å². The van der Waals surface area contributed by atoms with E-state index >= 15 is 0 Å². The van der Waals surface area contributed by atoms with Gasteiger partial charge in [-0.2, -0.15) is 0 Å². The maximum absolute atomic E-state index is 13.0. The number of rotatable bonds is 7. The van der Waals surface area contributed by atoms with E-state index in [-0.39, 0.29) is 16.9 Å². The lowest BCUT2D eigenvalue weighted by Gasteiger charge is -2.43. The summed E-state index contributed by atoms with van der Waals surface area (Å²) in [5.74, 6) is -1.35. The highest BCUT2D eigenvalue weighted by Gasteiger charge is 2.64. The van der Waals surface area contributed by atoms with E-state index in [9.17, 15) is 9.90 Å². The van der Waals surface area contributed by atoms with Gasteiger partial charge in [-0.15, -0.1) is 6.58 Å². The summed E-state index contributed by atoms with van der Waals surface area (Å²) in [5.41, 5.74) is -0.910. The zero-order valence-corrected chi connectivity index (χ0v) is 21.0. The van der Waals surface area contributed by atoms with Gasteiger partial charge in [-0.1, -0.05) is 87.5 Å². The van der Waals surface area contributed by atoms with Gasteiger partial charge in [0, 0.05) is 12.8 Å². The van der Waals surface area contributed by atoms with Gasteiger partial charge in [-0.05, 0) is 34.7 Å². The number of hydrogen-bond acceptors (Lipinski definition) is 4. The minimum Gasteiger partial charge on any atom is -0.405 e. The summed E-state index contributed by atoms with van der Waals surface area (Å²) in [5, 5.41) is 13.7. The van der Waals surface area contributed by atoms with E-state index in [1.54, 1.807) is 6.08 Å². The molecular formula is C28H36O4Si. The molecule has 1 aliphatic heterocycles. The second-order valence-electron chi connectivity index (χ2n) is 10.6. The van der Waals surface area contributed by atoms with Crippen molar-refractivity contribution in [1.29, 1.82) is 0 Å². The van der Waals surface area contributed by atoms with Crippen LogP contribution in [0.15, 0.2) is 73.3 Å². The first-order chi connectivity index (χ1) is 15.7. The van der Waals surface area contributed by atoms with Gasteiger partial charge in [-0.3, -0.25) is 4.79 Å². The van der Waals surface area contributed by atoms with Gasteiger partial charge < -0.3 is 14.3 Å². The van der Waals surface area contributed by atoms with Crippen molar-refractivity contribution in [2.45, 2.75) is 69.8 Å². The molecule has 1 heterocycles. The fourth-order valence-corrected chi connectivity index (χ4v) is 10.6. The molecule has 0 radical (unpaired) electrons. The summed E-state index contributed by atoms with van der Waals surface area (Å²) in [7, 11) is -2.72. The SMILES string of the molecule is C=CC[C@@]12C[C@@H](CO[Si](c3ccccc3)(c3ccccc3)C(C)(C)C)O[C@]1(O)CCCC2=O. The zero-order chi connectivity index (χ0) is 23.7. The van der Waals surface area contributed by atoms with Crippen molar-refractivity contribution in [2.24, 2.45) is 5.41 Å². The molecule has 2 aromatic rings. The average molecular weight is 465 g/mol. The number of Topliss-reactive ketones (excluding diaryl/α,β-unsaturated/α-hetero) is 1. The quantitative estimate of drug-likeness (QED) is 0.489. The molecule has 5 heteroatoms. The van der Waals surface area contributed by atoms with Crippen LogP contribution < -0.4 is 10.4 Å². The summed E-state index contributed by atoms with van der Waals surface area (Å²) in [6, 6.07) is 21.0. The molecule has 2 aromatic carbocycles. The molecule has 33 heavy (non-hydrogen) atoms. The standard InChI is InChI=1S/C28H36O4Si/c1-5-18-27-20-22(32-28(27,30)19-12-17-25(27)29)21-31-33(26(2,3)4,23-13-8-6-9-14-23)24-15-10-7-11-16-24/h5-11,13-16,22,30H,1,12,17-21H2,2-4H3/t22-,27-,28+/m0/s1. The van der Waals surface area contributed by atoms with Crippen molar-refractivity contribution in [1.82, 2.24) is 0 Å². The number of allylic oxidation sites excluding steroid dienone is 1. The van der Waals surface area contributed by atoms with E-state index in [1.807, 2.05) is 12.1 Å². The lowest BCUT2D eigenvalue weighted by atomic mass is 9.65. The zero-order valence-electron chi connectivity index (χ0n) is 20.0. The third-order valence-corrected chi connectivity index (χ3v) is 12.5. The third-order valence-electron chi connectivity index (χ3n) is 7.53. The molecule has 0 spiro atoms. The predicted molar refractivity (Wildman–Crippen MR) is 134 cm³/mol. The Bertz CT molecular complexity index is 944. The van der Waals surface area contributed by atoms with Crippen LogP contribution in [0.2, 0.25) is 5.04 Å². The number of aliphatic hydroxyl groups is 1. The van der Waals surface area contributed by atoms with Crippen LogP contribution >= 0.6 is 0 Å². The number of hydrogen-bond donors (Lipinski definition) is 1. The lowest BCUT2D eigenvalue weighted by Crippen LogP contribution is -2.67. The average Bonchev–Trinajstić information content (AvgIpc) is 3.08. The minimum atomic E-state index is -2.72. The second kappa shape index (κ2) is 8.95. The Kier molecular flexibility index (Phi) is 6.53. The van der Waals surface area contributed by atoms with E-state index in [4.69, 9.17) is 9.16 Å². The van der Waals surface area contributed by atoms with Crippen LogP contribution in [0.5, 0.6) is 0 Å². The third kappa shape index (κ3) is 3.95. The number of ether oxygens (including phenoxy) is 1. The van der Waals surface area contributed by atoms with Crippen molar-refractivity contribution in [3.63, 3.8) is 0 Å². The number of fused-ring (bicyclic) bond motifs is 1. The first-order valence-corrected chi connectivity index (χ1v) is 13.9. The fourth-order valence-electron chi connectivity index (χ4n) is 6.01. The van der Waals surface area contributed by atoms with Crippen molar-refractivity contribution < 1.29 is 19.1 Å². The van der Waals surface area contributed by atoms with Crippen LogP contribution in [0.4, 0.5) is 0 Å². The van der Waals surface area contributed by atoms with Gasteiger partial charge >= 0.3 is 0 Å². The molecule has 176 valence electrons. The minimum absolute atomic E-state index is 0.0871. The number of ketones is 1. The maximum atomic E-state index is 13.0. The molecule has 4 nitrogen and oxygen atoms in total. The molecule has 1 N–H and O–H groups in total. The van der Waals surface area contributed by atoms with Crippen LogP contribution in [-0.2, 0) is 14.0 Å². The highest BCUT2D eigenvalue weighted by atomic mass is 28.4. The van der Waals surface area contributed by atoms with Crippen molar-refractivity contribution in [3.05, 3.63) is 73.3 Å². The molecule has 2 fully saturated rings. The highest BCUT2D eigenvalue weighted by molar-refractivity contribution is 6.99. The Morgan fingerprint density at radius 2 is 1.70 bits per heavy atom. The predicted octanol–water partition coefficient (Wildman–Crippen LogP) is 4.36. The van der Waals surface area contributed by atoms with Gasteiger partial charge in [-0.25, -0.2) is 0 Å². The van der Waals surface area contributed by atoms with Gasteiger partial charge in [0.1, 0.15) is 5.78 Å². The summed E-state index contributed by atoms with van der Waals surface area (Å²) in [6.07, 6.45) is 3.90. The van der Waals surface area contributed by atoms with Crippen molar-refractivity contribution >= 4 is 24.5 Å². The van der Waals surface area contributed by atoms with Gasteiger partial charge in [0.2, 0.25) is 0 Å². The molecule has 0 unspecified atom stereocenters. The van der Waals surface area contributed by atoms with E-state index in [1.165, 1.54) is 10.4 Å². The van der Waals surface area contributed by atoms with Crippen LogP contribution in [-0.4, -0.2) is 37.7 Å². The van der Waals surface area contributed by atoms with E-state index in [0.29, 0.717) is 38.7 Å². The Morgan fingerprint density at radius 1 is 1.12 bits per heavy atom. The Hall–Kier alpha value is -2.05. The summed E-state index contributed by atoms with van der Waals surface area (Å²) in [6.45, 7) is 10.9. The molecule has 2 aliphatic rings. The molecule has 0 aromatic heterocycles. The number of carbonyl (C=O) groups is 1. The van der Waals surface area contributed by atoms with Crippen molar-refractivity contribution in [2.75, 3.05) is 6.61 Å². The van der Waals surface area contributed by atoms with Crippen LogP contribution in [0.25, 0.3) is 0 Å². The maximum Gasteiger partial charge on any atom is 0.261 e. The normalized spacial score (nSPS) is 27.9. The monoisotopic (exact) mass is 464 g/mol. The van der Waals surface area contributed by atoms with Crippen LogP contribution in [0.3, 0.4) is 0 Å². The molecule has 4 rings (SSSR count). The largest absolute Gasteiger partial charge is 0.405 e. The van der Waals surface area contributed by atoms with Gasteiger partial charge in [0.15, 0.2) is 5.79 Å². The van der Waals surface area contributed by atoms with E-state index in [2.05, 4.69) is 75.9 Å². The van der Waals surface area contributed by atoms with Crippen LogP contribution in [0, 0.1) is 5.41 Å². The van der Waals surface area contributed by atoms with Crippen LogP contribution in [0.1, 0.15) is 52.9 Å². The summed E-state index contributed by atoms with van der Waals surface area (Å²) < 4.78 is 13.3. The topological polar surface area (TPSA) is 55.8 Å². The van der Waals surface area contributed by atoms with Gasteiger partial charge in [0.05, 0.1) is 18.1 Å². The summed E-state index contributed by atoms with van der Waals surface area (Å²) >= 11 is 0. The molecule has 3 atom stereocenters. The second-order valence-corrected chi connectivity index (χ2v) is 14.9. The first-order valence-electron chi connectivity index (χ1n) is 12.0. The molecule has 1 aliphatic carbocycles. The highest BCUT2D eigenvalue weighted by Crippen LogP contribution is 2.54. The molecule has 1 saturated heterocycles. The molecule has 0 bridgehead atoms. The Morgan fingerprint density at radius 3 is 2.21 bits per heavy atom. The smallest absolute Gasteiger partial charge is 0.261 e. The van der Waals surface area contributed by atoms with E-state index < -0.39 is 19.5 Å². The Balaban J connectivity index is 1.70. The molecule has 0 amide bonds. The molecular weight excluding hydrogens is 428 g/mol. The molecule has 1 saturated carbocycles. The Labute approximate surface area is 198 Å². The lowest BCUT2D eigenvalue weighted by molar-refractivity contribution is -0.248. The number of carbonyl (C=O) groups excluding carboxylic acids is 1. The summed E-state index contributed by atoms with van der Waals surface area (Å²) in [4.78, 5) is 13.0. The first kappa shape index (κ1) is 24.1.